The third-order valence-corrected chi connectivity index (χ3v) is 17.9. The largest absolute Gasteiger partial charge is 0.489 e. The van der Waals surface area contributed by atoms with E-state index in [4.69, 9.17) is 50.0 Å². The van der Waals surface area contributed by atoms with Gasteiger partial charge in [0.15, 0.2) is 23.1 Å². The summed E-state index contributed by atoms with van der Waals surface area (Å²) in [5, 5.41) is 28.5. The highest BCUT2D eigenvalue weighted by molar-refractivity contribution is 5.98. The zero-order chi connectivity index (χ0) is 66.9. The molecule has 490 valence electrons. The predicted octanol–water partition coefficient (Wildman–Crippen LogP) is 9.31. The van der Waals surface area contributed by atoms with Gasteiger partial charge in [-0.05, 0) is 153 Å². The molecule has 3 aliphatic carbocycles. The minimum atomic E-state index is -1.14. The molecule has 6 atom stereocenters. The Kier molecular flexibility index (Phi) is 20.4. The van der Waals surface area contributed by atoms with Gasteiger partial charge in [0.25, 0.3) is 0 Å². The number of fused-ring (bicyclic) bond motifs is 2. The Morgan fingerprint density at radius 1 is 0.553 bits per heavy atom. The molecule has 8 aromatic rings. The molecule has 4 aliphatic rings. The number of para-hydroxylation sites is 2. The number of hydrogen-bond acceptors (Lipinski definition) is 17. The first-order chi connectivity index (χ1) is 45.3. The smallest absolute Gasteiger partial charge is 0.317 e. The number of halogens is 3. The molecule has 2 aromatic heterocycles. The second-order valence-electron chi connectivity index (χ2n) is 23.9. The molecule has 8 N–H and O–H groups in total. The number of rotatable bonds is 21. The Hall–Kier alpha value is -10.2. The number of nitrogens with two attached hydrogens (primary N) is 1. The maximum Gasteiger partial charge on any atom is 0.317 e. The minimum Gasteiger partial charge on any atom is -0.489 e. The van der Waals surface area contributed by atoms with Crippen LogP contribution in [0, 0.1) is 53.0 Å². The van der Waals surface area contributed by atoms with E-state index in [1.807, 2.05) is 67.6 Å². The second kappa shape index (κ2) is 28.8. The minimum absolute atomic E-state index is 0.0832. The third-order valence-electron chi connectivity index (χ3n) is 17.9. The van der Waals surface area contributed by atoms with Gasteiger partial charge in [-0.3, -0.25) is 49.4 Å². The van der Waals surface area contributed by atoms with Crippen LogP contribution >= 0.6 is 0 Å². The summed E-state index contributed by atoms with van der Waals surface area (Å²) >= 11 is 0. The summed E-state index contributed by atoms with van der Waals surface area (Å²) in [6, 6.07) is 41.3. The number of ether oxygens (including phenoxy) is 5. The number of piperidine rings is 1. The highest BCUT2D eigenvalue weighted by atomic mass is 19.1. The molecular weight excluding hydrogens is 1220 g/mol. The fraction of sp³-hybridized carbons (Fsp3) is 0.314. The first-order valence-electron chi connectivity index (χ1n) is 30.4. The maximum atomic E-state index is 15.0. The van der Waals surface area contributed by atoms with Crippen LogP contribution in [0.1, 0.15) is 77.6 Å². The Bertz CT molecular complexity index is 4180. The molecule has 0 bridgehead atoms. The summed E-state index contributed by atoms with van der Waals surface area (Å²) < 4.78 is 70.0. The number of nitrogens with zero attached hydrogens (tertiary/aromatic N) is 3. The first kappa shape index (κ1) is 66.7. The zero-order valence-corrected chi connectivity index (χ0v) is 51.7. The number of hydroxylamine groups is 3. The molecule has 12 rings (SSSR count). The number of hydrogen-bond donors (Lipinski definition) is 7. The van der Waals surface area contributed by atoms with Crippen LogP contribution in [0.25, 0.3) is 21.8 Å². The third kappa shape index (κ3) is 14.5. The molecule has 3 heterocycles. The van der Waals surface area contributed by atoms with Crippen LogP contribution in [0.2, 0.25) is 0 Å². The molecule has 24 heteroatoms. The molecule has 21 nitrogen and oxygen atoms in total. The number of esters is 2. The second-order valence-corrected chi connectivity index (χ2v) is 23.9. The molecule has 94 heavy (non-hydrogen) atoms. The summed E-state index contributed by atoms with van der Waals surface area (Å²) in [4.78, 5) is 83.5. The zero-order valence-electron chi connectivity index (χ0n) is 51.7. The Labute approximate surface area is 538 Å². The number of aromatic nitrogens is 2. The van der Waals surface area contributed by atoms with Crippen molar-refractivity contribution in [2.24, 2.45) is 34.3 Å². The van der Waals surface area contributed by atoms with E-state index < -0.39 is 81.2 Å². The van der Waals surface area contributed by atoms with Crippen molar-refractivity contribution in [3.63, 3.8) is 0 Å². The lowest BCUT2D eigenvalue weighted by molar-refractivity contribution is -0.149. The highest BCUT2D eigenvalue weighted by Crippen LogP contribution is 2.57. The highest BCUT2D eigenvalue weighted by Gasteiger charge is 2.66. The molecule has 0 unspecified atom stereocenters. The number of carbonyl (C=O) groups is 6. The van der Waals surface area contributed by atoms with Gasteiger partial charge in [0.05, 0.1) is 53.8 Å². The average Bonchev–Trinajstić information content (AvgIpc) is 1.57. The van der Waals surface area contributed by atoms with Crippen molar-refractivity contribution >= 4 is 63.2 Å². The van der Waals surface area contributed by atoms with E-state index in [1.165, 1.54) is 57.0 Å². The number of aryl methyl sites for hydroxylation is 1. The fourth-order valence-electron chi connectivity index (χ4n) is 12.6. The number of primary amides is 1. The molecule has 0 radical (unpaired) electrons. The maximum absolute atomic E-state index is 15.0. The molecule has 1 saturated heterocycles. The van der Waals surface area contributed by atoms with Gasteiger partial charge in [-0.15, -0.1) is 0 Å². The lowest BCUT2D eigenvalue weighted by Crippen LogP contribution is -2.33. The van der Waals surface area contributed by atoms with E-state index in [0.717, 1.165) is 70.4 Å². The van der Waals surface area contributed by atoms with Crippen LogP contribution in [0.3, 0.4) is 0 Å². The van der Waals surface area contributed by atoms with Gasteiger partial charge in [-0.1, -0.05) is 72.8 Å². The number of methoxy groups -OCH3 is 2. The van der Waals surface area contributed by atoms with Crippen molar-refractivity contribution in [2.45, 2.75) is 83.5 Å². The standard InChI is InChI=1S/C27H29FN4O4.C24H23FN2O5.C19H18FNO5/c28-21-12-17(14-27(26(29)34)15-20(27)25(33)31-35)8-9-23(21)36-16-18-13-24(32-10-4-1-5-11-32)30-22-7-3-2-6-19(18)22;1-14-9-16(17-5-3-4-6-20(17)26-14)13-32-21-8-7-15(10-19(21)25)11-24(23(29)31-2)12-18(24)22(28)27-30;1-25-18(23)19(10-16(19)17(22)21-24)13-5-3-7-15(9-13)26-11-12-4-2-6-14(20)8-12/h2-3,6-9,12-13,20,35H,1,4-5,10-11,14-16H2,(H2,29,34)(H,31,33);3-10,18,30H,11-13H2,1-2H3,(H,27,28);2-9,16,24H,10-11H2,1H3,(H,21,22)/t20-,27+;18-,24+;16-,19-/m110/s1. The van der Waals surface area contributed by atoms with Crippen molar-refractivity contribution in [1.29, 1.82) is 0 Å². The van der Waals surface area contributed by atoms with Gasteiger partial charge in [0, 0.05) is 40.7 Å². The predicted molar refractivity (Wildman–Crippen MR) is 334 cm³/mol. The van der Waals surface area contributed by atoms with Gasteiger partial charge in [0.2, 0.25) is 23.6 Å². The Morgan fingerprint density at radius 3 is 1.67 bits per heavy atom. The quantitative estimate of drug-likeness (QED) is 0.0200. The van der Waals surface area contributed by atoms with Crippen molar-refractivity contribution < 1.29 is 81.2 Å². The molecule has 4 amide bonds. The lowest BCUT2D eigenvalue weighted by Gasteiger charge is -2.28. The SMILES string of the molecule is COC(=O)[C@@]1(Cc2ccc(OCc3cc(C)nc4ccccc34)c(F)c2)C[C@@H]1C(=O)NO.COC(=O)[C@]1(c2cccc(OCc3cccc(F)c3)c2)C[C@H]1C(=O)NO.NC(=O)[C@@]1(Cc2ccc(OCc3cc(N4CCCCC4)nc4ccccc34)c(F)c2)C[C@@H]1C(=O)NO. The van der Waals surface area contributed by atoms with E-state index in [-0.39, 0.29) is 69.2 Å². The van der Waals surface area contributed by atoms with E-state index in [2.05, 4.69) is 9.88 Å². The van der Waals surface area contributed by atoms with Crippen molar-refractivity contribution in [1.82, 2.24) is 26.4 Å². The van der Waals surface area contributed by atoms with Gasteiger partial charge in [0.1, 0.15) is 42.6 Å². The fourth-order valence-corrected chi connectivity index (χ4v) is 12.6. The number of pyridine rings is 2. The molecule has 3 saturated carbocycles. The van der Waals surface area contributed by atoms with E-state index in [1.54, 1.807) is 65.0 Å². The number of anilines is 1. The van der Waals surface area contributed by atoms with Gasteiger partial charge < -0.3 is 34.3 Å². The van der Waals surface area contributed by atoms with Crippen LogP contribution in [0.15, 0.2) is 146 Å². The van der Waals surface area contributed by atoms with Crippen molar-refractivity contribution in [3.8, 4) is 17.2 Å². The van der Waals surface area contributed by atoms with Crippen LogP contribution in [-0.4, -0.2) is 88.5 Å². The van der Waals surface area contributed by atoms with Gasteiger partial charge in [-0.2, -0.15) is 0 Å². The molecule has 1 aliphatic heterocycles. The average molecular weight is 1290 g/mol. The van der Waals surface area contributed by atoms with E-state index in [9.17, 15) is 41.9 Å². The van der Waals surface area contributed by atoms with Crippen molar-refractivity contribution in [3.05, 3.63) is 202 Å². The summed E-state index contributed by atoms with van der Waals surface area (Å²) in [6.45, 7) is 4.33. The van der Waals surface area contributed by atoms with Crippen molar-refractivity contribution in [2.75, 3.05) is 32.2 Å². The Balaban J connectivity index is 0.000000156. The molecular formula is C70H70F3N7O14. The van der Waals surface area contributed by atoms with E-state index >= 15 is 0 Å². The van der Waals surface area contributed by atoms with Crippen LogP contribution in [0.4, 0.5) is 19.0 Å². The monoisotopic (exact) mass is 1290 g/mol. The lowest BCUT2D eigenvalue weighted by atomic mass is 9.92. The molecule has 0 spiro atoms. The van der Waals surface area contributed by atoms with Gasteiger partial charge >= 0.3 is 11.9 Å². The van der Waals surface area contributed by atoms with Gasteiger partial charge in [-0.25, -0.2) is 34.6 Å². The van der Waals surface area contributed by atoms with Crippen LogP contribution < -0.4 is 41.3 Å². The summed E-state index contributed by atoms with van der Waals surface area (Å²) in [5.41, 5.74) is 13.5. The number of amides is 4. The molecule has 6 aromatic carbocycles. The molecule has 4 fully saturated rings. The Morgan fingerprint density at radius 2 is 1.10 bits per heavy atom. The topological polar surface area (TPSA) is 300 Å². The summed E-state index contributed by atoms with van der Waals surface area (Å²) in [6.07, 6.45) is 4.39. The number of carbonyl (C=O) groups excluding carboxylic acids is 6. The van der Waals surface area contributed by atoms with Crippen LogP contribution in [0.5, 0.6) is 17.2 Å². The first-order valence-corrected chi connectivity index (χ1v) is 30.4. The summed E-state index contributed by atoms with van der Waals surface area (Å²) in [7, 11) is 2.49. The van der Waals surface area contributed by atoms with E-state index in [0.29, 0.717) is 28.0 Å². The normalized spacial score (nSPS) is 20.6. The number of benzene rings is 6. The number of nitrogens with one attached hydrogen (secondary N) is 3. The van der Waals surface area contributed by atoms with Crippen LogP contribution in [-0.2, 0) is 76.3 Å². The summed E-state index contributed by atoms with van der Waals surface area (Å²) in [5.74, 6) is -5.80.